The number of hydrogen-bond acceptors (Lipinski definition) is 2. The van der Waals surface area contributed by atoms with E-state index in [-0.39, 0.29) is 0 Å². The molecule has 0 spiro atoms. The van der Waals surface area contributed by atoms with Crippen molar-refractivity contribution in [2.75, 3.05) is 20.3 Å². The SMILES string of the molecule is CCCCCn1ccc(CNCCOC)c1. The second-order valence-electron chi connectivity index (χ2n) is 4.13. The number of methoxy groups -OCH3 is 1. The molecule has 0 aliphatic carbocycles. The predicted octanol–water partition coefficient (Wildman–Crippen LogP) is 2.41. The molecule has 1 N–H and O–H groups in total. The average molecular weight is 224 g/mol. The third kappa shape index (κ3) is 5.33. The molecule has 0 saturated heterocycles. The molecule has 0 aliphatic rings. The first-order valence-corrected chi connectivity index (χ1v) is 6.21. The van der Waals surface area contributed by atoms with E-state index in [1.54, 1.807) is 7.11 Å². The van der Waals surface area contributed by atoms with E-state index < -0.39 is 0 Å². The van der Waals surface area contributed by atoms with Gasteiger partial charge in [-0.2, -0.15) is 0 Å². The topological polar surface area (TPSA) is 26.2 Å². The van der Waals surface area contributed by atoms with Crippen LogP contribution in [0.3, 0.4) is 0 Å². The summed E-state index contributed by atoms with van der Waals surface area (Å²) in [5, 5.41) is 3.34. The molecule has 0 radical (unpaired) electrons. The van der Waals surface area contributed by atoms with Gasteiger partial charge in [0.1, 0.15) is 0 Å². The summed E-state index contributed by atoms with van der Waals surface area (Å²) in [4.78, 5) is 0. The molecule has 92 valence electrons. The third-order valence-electron chi connectivity index (χ3n) is 2.64. The van der Waals surface area contributed by atoms with Crippen molar-refractivity contribution in [1.29, 1.82) is 0 Å². The molecule has 1 rings (SSSR count). The fraction of sp³-hybridized carbons (Fsp3) is 0.692. The van der Waals surface area contributed by atoms with Gasteiger partial charge in [-0.1, -0.05) is 19.8 Å². The third-order valence-corrected chi connectivity index (χ3v) is 2.64. The molecule has 0 aliphatic heterocycles. The van der Waals surface area contributed by atoms with E-state index in [9.17, 15) is 0 Å². The fourth-order valence-electron chi connectivity index (χ4n) is 1.69. The van der Waals surface area contributed by atoms with Crippen molar-refractivity contribution < 1.29 is 4.74 Å². The average Bonchev–Trinajstić information content (AvgIpc) is 2.73. The van der Waals surface area contributed by atoms with E-state index in [4.69, 9.17) is 4.74 Å². The lowest BCUT2D eigenvalue weighted by Crippen LogP contribution is -2.18. The van der Waals surface area contributed by atoms with Crippen LogP contribution in [-0.4, -0.2) is 24.8 Å². The van der Waals surface area contributed by atoms with Crippen molar-refractivity contribution in [1.82, 2.24) is 9.88 Å². The Labute approximate surface area is 98.8 Å². The van der Waals surface area contributed by atoms with Crippen LogP contribution in [0, 0.1) is 0 Å². The van der Waals surface area contributed by atoms with E-state index in [2.05, 4.69) is 35.3 Å². The summed E-state index contributed by atoms with van der Waals surface area (Å²) < 4.78 is 7.26. The highest BCUT2D eigenvalue weighted by atomic mass is 16.5. The smallest absolute Gasteiger partial charge is 0.0587 e. The molecule has 16 heavy (non-hydrogen) atoms. The van der Waals surface area contributed by atoms with E-state index in [1.165, 1.54) is 24.8 Å². The molecule has 1 aromatic heterocycles. The van der Waals surface area contributed by atoms with Gasteiger partial charge in [0.2, 0.25) is 0 Å². The van der Waals surface area contributed by atoms with Gasteiger partial charge in [-0.05, 0) is 18.1 Å². The molecule has 3 heteroatoms. The molecule has 0 amide bonds. The highest BCUT2D eigenvalue weighted by molar-refractivity contribution is 5.09. The number of nitrogens with zero attached hydrogens (tertiary/aromatic N) is 1. The highest BCUT2D eigenvalue weighted by Crippen LogP contribution is 2.04. The van der Waals surface area contributed by atoms with Gasteiger partial charge in [0, 0.05) is 39.1 Å². The van der Waals surface area contributed by atoms with Crippen molar-refractivity contribution in [3.63, 3.8) is 0 Å². The minimum absolute atomic E-state index is 0.775. The zero-order valence-electron chi connectivity index (χ0n) is 10.5. The summed E-state index contributed by atoms with van der Waals surface area (Å²) in [6.07, 6.45) is 8.28. The van der Waals surface area contributed by atoms with E-state index in [0.29, 0.717) is 0 Å². The first-order valence-electron chi connectivity index (χ1n) is 6.21. The summed E-state index contributed by atoms with van der Waals surface area (Å²) in [5.41, 5.74) is 1.35. The lowest BCUT2D eigenvalue weighted by atomic mass is 10.2. The molecular formula is C13H24N2O. The maximum Gasteiger partial charge on any atom is 0.0587 e. The summed E-state index contributed by atoms with van der Waals surface area (Å²) >= 11 is 0. The molecule has 0 unspecified atom stereocenters. The number of nitrogens with one attached hydrogen (secondary N) is 1. The van der Waals surface area contributed by atoms with Gasteiger partial charge in [0.15, 0.2) is 0 Å². The highest BCUT2D eigenvalue weighted by Gasteiger charge is 1.96. The van der Waals surface area contributed by atoms with Gasteiger partial charge in [-0.15, -0.1) is 0 Å². The zero-order valence-corrected chi connectivity index (χ0v) is 10.5. The molecule has 3 nitrogen and oxygen atoms in total. The van der Waals surface area contributed by atoms with Crippen LogP contribution in [0.15, 0.2) is 18.5 Å². The maximum atomic E-state index is 4.98. The minimum Gasteiger partial charge on any atom is -0.383 e. The summed E-state index contributed by atoms with van der Waals surface area (Å²) in [6, 6.07) is 2.19. The molecular weight excluding hydrogens is 200 g/mol. The molecule has 0 atom stereocenters. The number of rotatable bonds is 9. The molecule has 0 aromatic carbocycles. The molecule has 1 aromatic rings. The maximum absolute atomic E-state index is 4.98. The molecule has 0 fully saturated rings. The van der Waals surface area contributed by atoms with Crippen LogP contribution >= 0.6 is 0 Å². The van der Waals surface area contributed by atoms with Gasteiger partial charge in [-0.3, -0.25) is 0 Å². The first-order chi connectivity index (χ1) is 7.86. The normalized spacial score (nSPS) is 10.9. The van der Waals surface area contributed by atoms with Crippen molar-refractivity contribution >= 4 is 0 Å². The van der Waals surface area contributed by atoms with Gasteiger partial charge < -0.3 is 14.6 Å². The summed E-state index contributed by atoms with van der Waals surface area (Å²) in [5.74, 6) is 0. The van der Waals surface area contributed by atoms with Crippen LogP contribution < -0.4 is 5.32 Å². The van der Waals surface area contributed by atoms with E-state index in [1.807, 2.05) is 0 Å². The molecule has 1 heterocycles. The Hall–Kier alpha value is -0.800. The summed E-state index contributed by atoms with van der Waals surface area (Å²) in [6.45, 7) is 6.01. The van der Waals surface area contributed by atoms with Crippen molar-refractivity contribution in [2.45, 2.75) is 39.3 Å². The van der Waals surface area contributed by atoms with Crippen LogP contribution in [0.5, 0.6) is 0 Å². The Morgan fingerprint density at radius 1 is 1.38 bits per heavy atom. The van der Waals surface area contributed by atoms with Crippen LogP contribution in [0.4, 0.5) is 0 Å². The monoisotopic (exact) mass is 224 g/mol. The first kappa shape index (κ1) is 13.3. The Balaban J connectivity index is 2.17. The van der Waals surface area contributed by atoms with Crippen LogP contribution in [0.2, 0.25) is 0 Å². The number of aromatic nitrogens is 1. The van der Waals surface area contributed by atoms with E-state index in [0.717, 1.165) is 26.2 Å². The standard InChI is InChI=1S/C13H24N2O/c1-3-4-5-8-15-9-6-13(12-15)11-14-7-10-16-2/h6,9,12,14H,3-5,7-8,10-11H2,1-2H3. The van der Waals surface area contributed by atoms with Gasteiger partial charge in [0.05, 0.1) is 6.61 Å². The zero-order chi connectivity index (χ0) is 11.6. The van der Waals surface area contributed by atoms with Gasteiger partial charge in [0.25, 0.3) is 0 Å². The number of aryl methyl sites for hydroxylation is 1. The van der Waals surface area contributed by atoms with Gasteiger partial charge >= 0.3 is 0 Å². The Kier molecular flexibility index (Phi) is 6.93. The number of ether oxygens (including phenoxy) is 1. The van der Waals surface area contributed by atoms with Crippen molar-refractivity contribution in [3.8, 4) is 0 Å². The quantitative estimate of drug-likeness (QED) is 0.652. The van der Waals surface area contributed by atoms with Gasteiger partial charge in [-0.25, -0.2) is 0 Å². The molecule has 0 saturated carbocycles. The Bertz CT molecular complexity index is 271. The lowest BCUT2D eigenvalue weighted by Gasteiger charge is -2.02. The largest absolute Gasteiger partial charge is 0.383 e. The minimum atomic E-state index is 0.775. The lowest BCUT2D eigenvalue weighted by molar-refractivity contribution is 0.199. The van der Waals surface area contributed by atoms with Crippen LogP contribution in [0.25, 0.3) is 0 Å². The van der Waals surface area contributed by atoms with Crippen LogP contribution in [0.1, 0.15) is 31.7 Å². The fourth-order valence-corrected chi connectivity index (χ4v) is 1.69. The predicted molar refractivity (Wildman–Crippen MR) is 67.5 cm³/mol. The summed E-state index contributed by atoms with van der Waals surface area (Å²) in [7, 11) is 1.73. The second kappa shape index (κ2) is 8.36. The second-order valence-corrected chi connectivity index (χ2v) is 4.13. The Morgan fingerprint density at radius 2 is 2.25 bits per heavy atom. The molecule has 0 bridgehead atoms. The van der Waals surface area contributed by atoms with Crippen molar-refractivity contribution in [3.05, 3.63) is 24.0 Å². The van der Waals surface area contributed by atoms with E-state index >= 15 is 0 Å². The number of hydrogen-bond donors (Lipinski definition) is 1. The van der Waals surface area contributed by atoms with Crippen LogP contribution in [-0.2, 0) is 17.8 Å². The number of unbranched alkanes of at least 4 members (excludes halogenated alkanes) is 2. The Morgan fingerprint density at radius 3 is 3.00 bits per heavy atom. The van der Waals surface area contributed by atoms with Crippen molar-refractivity contribution in [2.24, 2.45) is 0 Å².